The van der Waals surface area contributed by atoms with E-state index in [0.717, 1.165) is 12.6 Å². The Hall–Kier alpha value is -3.35. The van der Waals surface area contributed by atoms with Crippen LogP contribution in [-0.2, 0) is 9.59 Å². The summed E-state index contributed by atoms with van der Waals surface area (Å²) in [5.41, 5.74) is 7.99. The van der Waals surface area contributed by atoms with Gasteiger partial charge in [0.05, 0.1) is 5.92 Å². The lowest BCUT2D eigenvalue weighted by molar-refractivity contribution is -0.121. The number of hydrogen-bond donors (Lipinski definition) is 5. The number of carbonyl (C=O) groups excluding carboxylic acids is 2. The zero-order valence-electron chi connectivity index (χ0n) is 15.9. The molecular weight excluding hydrogens is 356 g/mol. The Morgan fingerprint density at radius 1 is 1.21 bits per heavy atom. The van der Waals surface area contributed by atoms with E-state index in [4.69, 9.17) is 11.1 Å². The molecule has 1 atom stereocenters. The lowest BCUT2D eigenvalue weighted by atomic mass is 9.92. The highest BCUT2D eigenvalue weighted by Crippen LogP contribution is 2.26. The normalized spacial score (nSPS) is 11.5. The minimum atomic E-state index is -0.561. The van der Waals surface area contributed by atoms with E-state index in [2.05, 4.69) is 10.6 Å². The molecule has 0 aliphatic rings. The number of nitrogens with one attached hydrogen (secondary N) is 3. The third kappa shape index (κ3) is 5.84. The quantitative estimate of drug-likeness (QED) is 0.337. The lowest BCUT2D eigenvalue weighted by Gasteiger charge is -2.18. The van der Waals surface area contributed by atoms with E-state index in [1.807, 2.05) is 6.92 Å². The fourth-order valence-electron chi connectivity index (χ4n) is 2.79. The second kappa shape index (κ2) is 10.1. The molecule has 7 heteroatoms. The van der Waals surface area contributed by atoms with Gasteiger partial charge in [0.1, 0.15) is 5.75 Å². The Kier molecular flexibility index (Phi) is 7.56. The van der Waals surface area contributed by atoms with E-state index in [9.17, 15) is 14.7 Å². The van der Waals surface area contributed by atoms with E-state index in [-0.39, 0.29) is 24.0 Å². The number of benzene rings is 2. The van der Waals surface area contributed by atoms with Gasteiger partial charge in [-0.3, -0.25) is 9.59 Å². The number of anilines is 2. The van der Waals surface area contributed by atoms with Crippen molar-refractivity contribution in [3.05, 3.63) is 53.6 Å². The van der Waals surface area contributed by atoms with Gasteiger partial charge >= 0.3 is 0 Å². The molecule has 0 heterocycles. The molecule has 7 nitrogen and oxygen atoms in total. The number of phenolic OH excluding ortho intramolecular Hbond substituents is 1. The van der Waals surface area contributed by atoms with E-state index in [1.54, 1.807) is 30.3 Å². The summed E-state index contributed by atoms with van der Waals surface area (Å²) < 4.78 is 0. The van der Waals surface area contributed by atoms with Crippen molar-refractivity contribution >= 4 is 29.4 Å². The minimum absolute atomic E-state index is 0.1000. The van der Waals surface area contributed by atoms with Crippen molar-refractivity contribution < 1.29 is 14.7 Å². The molecule has 2 rings (SSSR count). The van der Waals surface area contributed by atoms with Gasteiger partial charge in [-0.1, -0.05) is 19.1 Å². The van der Waals surface area contributed by atoms with Gasteiger partial charge in [-0.05, 0) is 48.7 Å². The third-order valence-corrected chi connectivity index (χ3v) is 4.35. The van der Waals surface area contributed by atoms with Crippen LogP contribution in [-0.4, -0.2) is 29.7 Å². The molecule has 0 radical (unpaired) electrons. The SMILES string of the molecule is CCCNC(=O)CCC(C(=O)Nc1ccc(N)c(C=N)c1)c1ccc(O)cc1. The lowest BCUT2D eigenvalue weighted by Crippen LogP contribution is -2.27. The largest absolute Gasteiger partial charge is 0.508 e. The van der Waals surface area contributed by atoms with Crippen LogP contribution < -0.4 is 16.4 Å². The number of amides is 2. The summed E-state index contributed by atoms with van der Waals surface area (Å²) in [5, 5.41) is 22.5. The van der Waals surface area contributed by atoms with Crippen LogP contribution in [0.4, 0.5) is 11.4 Å². The Morgan fingerprint density at radius 3 is 2.57 bits per heavy atom. The monoisotopic (exact) mass is 382 g/mol. The molecule has 0 aliphatic carbocycles. The summed E-state index contributed by atoms with van der Waals surface area (Å²) in [7, 11) is 0. The molecule has 28 heavy (non-hydrogen) atoms. The average Bonchev–Trinajstić information content (AvgIpc) is 2.69. The maximum absolute atomic E-state index is 12.9. The summed E-state index contributed by atoms with van der Waals surface area (Å²) in [5.74, 6) is -0.821. The zero-order chi connectivity index (χ0) is 20.5. The highest BCUT2D eigenvalue weighted by Gasteiger charge is 2.22. The second-order valence-corrected chi connectivity index (χ2v) is 6.51. The highest BCUT2D eigenvalue weighted by molar-refractivity contribution is 5.97. The number of rotatable bonds is 9. The molecule has 2 aromatic rings. The van der Waals surface area contributed by atoms with Crippen molar-refractivity contribution in [2.24, 2.45) is 0 Å². The first kappa shape index (κ1) is 21.0. The van der Waals surface area contributed by atoms with Crippen molar-refractivity contribution in [2.75, 3.05) is 17.6 Å². The Bertz CT molecular complexity index is 834. The molecule has 0 spiro atoms. The predicted molar refractivity (Wildman–Crippen MR) is 111 cm³/mol. The van der Waals surface area contributed by atoms with Crippen molar-refractivity contribution in [1.82, 2.24) is 5.32 Å². The van der Waals surface area contributed by atoms with E-state index in [1.165, 1.54) is 12.1 Å². The van der Waals surface area contributed by atoms with Crippen molar-refractivity contribution in [3.63, 3.8) is 0 Å². The van der Waals surface area contributed by atoms with Crippen molar-refractivity contribution in [2.45, 2.75) is 32.1 Å². The molecule has 148 valence electrons. The van der Waals surface area contributed by atoms with Crippen LogP contribution in [0.2, 0.25) is 0 Å². The molecule has 0 saturated heterocycles. The number of aromatic hydroxyl groups is 1. The number of nitrogens with two attached hydrogens (primary N) is 1. The van der Waals surface area contributed by atoms with Crippen LogP contribution in [0.5, 0.6) is 5.75 Å². The molecule has 0 bridgehead atoms. The fourth-order valence-corrected chi connectivity index (χ4v) is 2.79. The maximum atomic E-state index is 12.9. The van der Waals surface area contributed by atoms with Gasteiger partial charge in [0.15, 0.2) is 0 Å². The summed E-state index contributed by atoms with van der Waals surface area (Å²) in [4.78, 5) is 24.9. The minimum Gasteiger partial charge on any atom is -0.508 e. The first-order valence-corrected chi connectivity index (χ1v) is 9.21. The molecule has 0 fully saturated rings. The molecule has 0 aliphatic heterocycles. The van der Waals surface area contributed by atoms with E-state index >= 15 is 0 Å². The van der Waals surface area contributed by atoms with Gasteiger partial charge in [0.2, 0.25) is 11.8 Å². The van der Waals surface area contributed by atoms with Gasteiger partial charge in [-0.25, -0.2) is 0 Å². The maximum Gasteiger partial charge on any atom is 0.231 e. The second-order valence-electron chi connectivity index (χ2n) is 6.51. The third-order valence-electron chi connectivity index (χ3n) is 4.35. The summed E-state index contributed by atoms with van der Waals surface area (Å²) in [6.45, 7) is 2.58. The highest BCUT2D eigenvalue weighted by atomic mass is 16.3. The Morgan fingerprint density at radius 2 is 1.93 bits per heavy atom. The van der Waals surface area contributed by atoms with E-state index < -0.39 is 5.92 Å². The summed E-state index contributed by atoms with van der Waals surface area (Å²) in [6, 6.07) is 11.3. The number of nitrogen functional groups attached to an aromatic ring is 1. The van der Waals surface area contributed by atoms with Crippen LogP contribution in [0.3, 0.4) is 0 Å². The molecule has 2 amide bonds. The van der Waals surface area contributed by atoms with Crippen LogP contribution in [0.25, 0.3) is 0 Å². The number of carbonyl (C=O) groups is 2. The van der Waals surface area contributed by atoms with Gasteiger partial charge in [0, 0.05) is 36.1 Å². The van der Waals surface area contributed by atoms with Crippen molar-refractivity contribution in [1.29, 1.82) is 5.41 Å². The smallest absolute Gasteiger partial charge is 0.231 e. The molecular formula is C21H26N4O3. The standard InChI is InChI=1S/C21H26N4O3/c1-2-11-24-20(27)10-8-18(14-3-6-17(26)7-4-14)21(28)25-16-5-9-19(23)15(12-16)13-22/h3-7,9,12-13,18,22,26H,2,8,10-11,23H2,1H3,(H,24,27)(H,25,28). The molecule has 2 aromatic carbocycles. The Balaban J connectivity index is 2.17. The Labute approximate surface area is 164 Å². The first-order valence-electron chi connectivity index (χ1n) is 9.21. The molecule has 1 unspecified atom stereocenters. The average molecular weight is 382 g/mol. The number of phenols is 1. The van der Waals surface area contributed by atoms with Gasteiger partial charge in [-0.2, -0.15) is 0 Å². The first-order chi connectivity index (χ1) is 13.4. The number of hydrogen-bond acceptors (Lipinski definition) is 5. The molecule has 6 N–H and O–H groups in total. The predicted octanol–water partition coefficient (Wildman–Crippen LogP) is 3.00. The molecule has 0 saturated carbocycles. The summed E-state index contributed by atoms with van der Waals surface area (Å²) >= 11 is 0. The fraction of sp³-hybridized carbons (Fsp3) is 0.286. The van der Waals surface area contributed by atoms with Gasteiger partial charge in [0.25, 0.3) is 0 Å². The van der Waals surface area contributed by atoms with Crippen LogP contribution >= 0.6 is 0 Å². The van der Waals surface area contributed by atoms with Crippen LogP contribution in [0.1, 0.15) is 43.2 Å². The van der Waals surface area contributed by atoms with Crippen molar-refractivity contribution in [3.8, 4) is 5.75 Å². The van der Waals surface area contributed by atoms with Gasteiger partial charge < -0.3 is 26.9 Å². The van der Waals surface area contributed by atoms with Crippen LogP contribution in [0.15, 0.2) is 42.5 Å². The zero-order valence-corrected chi connectivity index (χ0v) is 15.9. The summed E-state index contributed by atoms with van der Waals surface area (Å²) in [6.07, 6.45) is 2.52. The van der Waals surface area contributed by atoms with Crippen LogP contribution in [0, 0.1) is 5.41 Å². The topological polar surface area (TPSA) is 128 Å². The van der Waals surface area contributed by atoms with Gasteiger partial charge in [-0.15, -0.1) is 0 Å². The molecule has 0 aromatic heterocycles. The van der Waals surface area contributed by atoms with E-state index in [0.29, 0.717) is 35.5 Å².